The fourth-order valence-corrected chi connectivity index (χ4v) is 3.98. The van der Waals surface area contributed by atoms with E-state index in [1.807, 2.05) is 21.3 Å². The van der Waals surface area contributed by atoms with Crippen molar-refractivity contribution < 1.29 is 98.4 Å². The van der Waals surface area contributed by atoms with Crippen LogP contribution in [0.25, 0.3) is 0 Å². The van der Waals surface area contributed by atoms with Gasteiger partial charge in [0.05, 0.1) is 51.9 Å². The number of amides is 4. The molecule has 290 valence electrons. The Bertz CT molecular complexity index is 1210. The summed E-state index contributed by atoms with van der Waals surface area (Å²) in [7, 11) is 0. The predicted octanol–water partition coefficient (Wildman–Crippen LogP) is -6.23. The lowest BCUT2D eigenvalue weighted by Crippen LogP contribution is -2.53. The van der Waals surface area contributed by atoms with E-state index in [9.17, 15) is 78.0 Å². The number of nitrogens with one attached hydrogen (secondary N) is 4. The molecule has 0 bridgehead atoms. The van der Waals surface area contributed by atoms with E-state index >= 15 is 0 Å². The number of rotatable bonds is 27. The van der Waals surface area contributed by atoms with Gasteiger partial charge in [-0.15, -0.1) is 0 Å². The van der Waals surface area contributed by atoms with Gasteiger partial charge in [0.1, 0.15) is 24.2 Å². The highest BCUT2D eigenvalue weighted by Gasteiger charge is 2.29. The van der Waals surface area contributed by atoms with E-state index < -0.39 is 161 Å². The molecule has 0 fully saturated rings. The van der Waals surface area contributed by atoms with Gasteiger partial charge >= 0.3 is 47.8 Å². The number of hydrogen-bond donors (Lipinski definition) is 12. The van der Waals surface area contributed by atoms with Crippen molar-refractivity contribution in [3.05, 3.63) is 0 Å². The maximum atomic E-state index is 12.7. The predicted molar refractivity (Wildman–Crippen MR) is 160 cm³/mol. The Kier molecular flexibility index (Phi) is 19.5. The zero-order chi connectivity index (χ0) is 40.3. The molecule has 4 atom stereocenters. The van der Waals surface area contributed by atoms with E-state index in [4.69, 9.17) is 20.4 Å². The normalized spacial score (nSPS) is 13.0. The third-order valence-corrected chi connectivity index (χ3v) is 6.25. The highest BCUT2D eigenvalue weighted by Crippen LogP contribution is 2.01. The monoisotopic (exact) mass is 752 g/mol. The van der Waals surface area contributed by atoms with Crippen molar-refractivity contribution in [2.45, 2.75) is 49.9 Å². The van der Waals surface area contributed by atoms with E-state index in [0.717, 1.165) is 9.80 Å². The van der Waals surface area contributed by atoms with Crippen LogP contribution in [-0.4, -0.2) is 185 Å². The van der Waals surface area contributed by atoms with E-state index in [0.29, 0.717) is 0 Å². The van der Waals surface area contributed by atoms with E-state index in [2.05, 4.69) is 0 Å². The molecule has 0 aliphatic heterocycles. The van der Waals surface area contributed by atoms with Crippen molar-refractivity contribution >= 4 is 71.4 Å². The first-order valence-corrected chi connectivity index (χ1v) is 14.4. The molecule has 0 aromatic carbocycles. The van der Waals surface area contributed by atoms with Crippen molar-refractivity contribution in [1.82, 2.24) is 31.1 Å². The second-order valence-corrected chi connectivity index (χ2v) is 10.6. The second-order valence-electron chi connectivity index (χ2n) is 10.6. The summed E-state index contributed by atoms with van der Waals surface area (Å²) >= 11 is 0. The average molecular weight is 753 g/mol. The third kappa shape index (κ3) is 20.2. The van der Waals surface area contributed by atoms with Gasteiger partial charge in [-0.3, -0.25) is 48.2 Å². The van der Waals surface area contributed by atoms with Gasteiger partial charge in [0.15, 0.2) is 0 Å². The number of carboxylic acid groups (broad SMARTS) is 8. The van der Waals surface area contributed by atoms with Crippen molar-refractivity contribution in [3.8, 4) is 0 Å². The molecule has 0 rings (SSSR count). The third-order valence-electron chi connectivity index (χ3n) is 6.25. The van der Waals surface area contributed by atoms with Crippen molar-refractivity contribution in [3.63, 3.8) is 0 Å². The van der Waals surface area contributed by atoms with Crippen LogP contribution in [-0.2, 0) is 57.5 Å². The quantitative estimate of drug-likeness (QED) is 0.0371. The molecule has 4 amide bonds. The van der Waals surface area contributed by atoms with Gasteiger partial charge in [-0.2, -0.15) is 0 Å². The second kappa shape index (κ2) is 22.3. The summed E-state index contributed by atoms with van der Waals surface area (Å²) in [5.41, 5.74) is 0. The molecule has 0 aliphatic carbocycles. The van der Waals surface area contributed by atoms with Crippen molar-refractivity contribution in [2.24, 2.45) is 0 Å². The van der Waals surface area contributed by atoms with Gasteiger partial charge in [-0.1, -0.05) is 0 Å². The Morgan fingerprint density at radius 3 is 0.654 bits per heavy atom. The van der Waals surface area contributed by atoms with E-state index in [-0.39, 0.29) is 0 Å². The Morgan fingerprint density at radius 2 is 0.519 bits per heavy atom. The minimum absolute atomic E-state index is 0.607. The summed E-state index contributed by atoms with van der Waals surface area (Å²) in [6.07, 6.45) is -4.36. The lowest BCUT2D eigenvalue weighted by Gasteiger charge is -2.28. The fourth-order valence-electron chi connectivity index (χ4n) is 3.98. The van der Waals surface area contributed by atoms with Crippen LogP contribution in [0, 0.1) is 0 Å². The molecule has 0 radical (unpaired) electrons. The molecule has 0 saturated carbocycles. The molecule has 0 aliphatic rings. The number of carbonyl (C=O) groups is 12. The first-order chi connectivity index (χ1) is 24.0. The zero-order valence-corrected chi connectivity index (χ0v) is 26.8. The smallest absolute Gasteiger partial charge is 0.326 e. The summed E-state index contributed by atoms with van der Waals surface area (Å²) in [5.74, 6) is -18.5. The number of aliphatic carboxylic acids is 8. The molecule has 52 heavy (non-hydrogen) atoms. The minimum Gasteiger partial charge on any atom is -0.481 e. The molecule has 4 unspecified atom stereocenters. The Labute approximate surface area is 290 Å². The van der Waals surface area contributed by atoms with Crippen LogP contribution in [0.5, 0.6) is 0 Å². The maximum Gasteiger partial charge on any atom is 0.326 e. The van der Waals surface area contributed by atoms with Gasteiger partial charge in [0.2, 0.25) is 23.6 Å². The summed E-state index contributed by atoms with van der Waals surface area (Å²) < 4.78 is 0. The van der Waals surface area contributed by atoms with E-state index in [1.54, 1.807) is 0 Å². The molecule has 12 N–H and O–H groups in total. The maximum absolute atomic E-state index is 12.7. The molecule has 26 heteroatoms. The molecule has 26 nitrogen and oxygen atoms in total. The number of carboxylic acids is 8. The summed E-state index contributed by atoms with van der Waals surface area (Å²) in [6.45, 7) is -5.05. The molecular weight excluding hydrogens is 716 g/mol. The molecule has 0 heterocycles. The topological polar surface area (TPSA) is 421 Å². The highest BCUT2D eigenvalue weighted by atomic mass is 16.4. The first kappa shape index (κ1) is 45.6. The van der Waals surface area contributed by atoms with Crippen LogP contribution in [0.4, 0.5) is 0 Å². The van der Waals surface area contributed by atoms with E-state index in [1.165, 1.54) is 0 Å². The number of carbonyl (C=O) groups excluding carboxylic acids is 4. The van der Waals surface area contributed by atoms with Gasteiger partial charge in [0.25, 0.3) is 0 Å². The van der Waals surface area contributed by atoms with Gasteiger partial charge in [-0.25, -0.2) is 19.2 Å². The summed E-state index contributed by atoms with van der Waals surface area (Å²) in [5, 5.41) is 80.1. The molecule has 0 aromatic heterocycles. The number of hydrogen-bond acceptors (Lipinski definition) is 14. The van der Waals surface area contributed by atoms with Crippen LogP contribution in [0.1, 0.15) is 25.7 Å². The molecule has 0 spiro atoms. The van der Waals surface area contributed by atoms with Crippen LogP contribution >= 0.6 is 0 Å². The van der Waals surface area contributed by atoms with Gasteiger partial charge in [-0.05, 0) is 0 Å². The van der Waals surface area contributed by atoms with Crippen LogP contribution in [0.15, 0.2) is 0 Å². The Hall–Kier alpha value is -6.44. The van der Waals surface area contributed by atoms with Crippen LogP contribution in [0.2, 0.25) is 0 Å². The SMILES string of the molecule is O=C(O)CC(NC(=O)CN(CCN(CC(=O)NC(CC(=O)O)C(=O)O)CC(=O)NC(CC(=O)O)C(=O)O)CC(=O)NC(CC(=O)O)C(=O)O)C(=O)O. The van der Waals surface area contributed by atoms with Crippen LogP contribution in [0.3, 0.4) is 0 Å². The molecule has 0 aromatic rings. The molecular formula is C26H36N6O20. The minimum atomic E-state index is -1.97. The standard InChI is InChI=1S/C26H36N6O20/c33-15(27-11(23(45)46)3-19(37)38)7-31(8-16(34)28-12(24(47)48)4-20(39)40)1-2-32(9-17(35)29-13(25(49)50)5-21(41)42)10-18(36)30-14(26(51)52)6-22(43)44/h11-14H,1-10H2,(H,27,33)(H,28,34)(H,29,35)(H,30,36)(H,37,38)(H,39,40)(H,41,42)(H,43,44)(H,45,46)(H,47,48)(H,49,50)(H,51,52). The van der Waals surface area contributed by atoms with Gasteiger partial charge in [0, 0.05) is 13.1 Å². The largest absolute Gasteiger partial charge is 0.481 e. The van der Waals surface area contributed by atoms with Crippen molar-refractivity contribution in [1.29, 1.82) is 0 Å². The van der Waals surface area contributed by atoms with Crippen LogP contribution < -0.4 is 21.3 Å². The Balaban J connectivity index is 6.39. The summed E-state index contributed by atoms with van der Waals surface area (Å²) in [6, 6.07) is -7.90. The Morgan fingerprint density at radius 1 is 0.346 bits per heavy atom. The first-order valence-electron chi connectivity index (χ1n) is 14.4. The molecule has 0 saturated heterocycles. The number of nitrogens with zero attached hydrogens (tertiary/aromatic N) is 2. The fraction of sp³-hybridized carbons (Fsp3) is 0.538. The highest BCUT2D eigenvalue weighted by molar-refractivity contribution is 5.91. The lowest BCUT2D eigenvalue weighted by atomic mass is 10.2. The lowest BCUT2D eigenvalue weighted by molar-refractivity contribution is -0.148. The zero-order valence-electron chi connectivity index (χ0n) is 26.8. The summed E-state index contributed by atoms with van der Waals surface area (Å²) in [4.78, 5) is 142. The average Bonchev–Trinajstić information content (AvgIpc) is 2.97. The van der Waals surface area contributed by atoms with Gasteiger partial charge < -0.3 is 62.1 Å². The van der Waals surface area contributed by atoms with Crippen molar-refractivity contribution in [2.75, 3.05) is 39.3 Å².